The maximum atomic E-state index is 12.3. The largest absolute Gasteiger partial charge is 0.457 e. The molecule has 0 aliphatic heterocycles. The lowest BCUT2D eigenvalue weighted by Crippen LogP contribution is -2.17. The highest BCUT2D eigenvalue weighted by Gasteiger charge is 2.12. The van der Waals surface area contributed by atoms with Crippen molar-refractivity contribution < 1.29 is 9.53 Å². The van der Waals surface area contributed by atoms with Gasteiger partial charge in [-0.25, -0.2) is 10.1 Å². The number of anilines is 2. The van der Waals surface area contributed by atoms with Gasteiger partial charge in [0.1, 0.15) is 11.5 Å². The third-order valence-corrected chi connectivity index (χ3v) is 5.95. The predicted molar refractivity (Wildman–Crippen MR) is 140 cm³/mol. The summed E-state index contributed by atoms with van der Waals surface area (Å²) in [6.07, 6.45) is 1.62. The number of amides is 1. The van der Waals surface area contributed by atoms with Gasteiger partial charge in [0.05, 0.1) is 12.0 Å². The van der Waals surface area contributed by atoms with Crippen LogP contribution in [0, 0.1) is 13.8 Å². The molecule has 0 unspecified atom stereocenters. The van der Waals surface area contributed by atoms with Gasteiger partial charge in [0.25, 0.3) is 5.95 Å². The smallest absolute Gasteiger partial charge is 0.264 e. The van der Waals surface area contributed by atoms with Gasteiger partial charge in [-0.1, -0.05) is 48.2 Å². The van der Waals surface area contributed by atoms with E-state index in [2.05, 4.69) is 26.0 Å². The molecule has 1 heterocycles. The number of hydrogen-bond acceptors (Lipinski definition) is 8. The topological polar surface area (TPSA) is 119 Å². The highest BCUT2D eigenvalue weighted by molar-refractivity contribution is 7.99. The lowest BCUT2D eigenvalue weighted by molar-refractivity contribution is -0.113. The first-order valence-electron chi connectivity index (χ1n) is 10.8. The number of nitrogens with zero attached hydrogens (tertiary/aromatic N) is 4. The number of para-hydroxylation sites is 1. The van der Waals surface area contributed by atoms with Crippen LogP contribution in [0.25, 0.3) is 0 Å². The number of aryl methyl sites for hydroxylation is 2. The van der Waals surface area contributed by atoms with Crippen LogP contribution in [0.15, 0.2) is 83.1 Å². The van der Waals surface area contributed by atoms with Crippen LogP contribution in [-0.4, -0.2) is 32.7 Å². The Bertz CT molecular complexity index is 1340. The molecule has 10 heteroatoms. The number of hydrazone groups is 1. The van der Waals surface area contributed by atoms with Crippen molar-refractivity contribution in [2.45, 2.75) is 19.0 Å². The number of rotatable bonds is 9. The summed E-state index contributed by atoms with van der Waals surface area (Å²) in [5.74, 6) is 7.72. The zero-order valence-corrected chi connectivity index (χ0v) is 20.1. The number of benzene rings is 3. The third-order valence-electron chi connectivity index (χ3n) is 5.00. The molecule has 4 N–H and O–H groups in total. The summed E-state index contributed by atoms with van der Waals surface area (Å²) in [5, 5.41) is 15.4. The Morgan fingerprint density at radius 3 is 2.63 bits per heavy atom. The van der Waals surface area contributed by atoms with Crippen LogP contribution in [0.3, 0.4) is 0 Å². The highest BCUT2D eigenvalue weighted by Crippen LogP contribution is 2.22. The van der Waals surface area contributed by atoms with Gasteiger partial charge in [0.2, 0.25) is 11.1 Å². The number of thioether (sulfide) groups is 1. The summed E-state index contributed by atoms with van der Waals surface area (Å²) in [6.45, 7) is 4.03. The minimum absolute atomic E-state index is 0.139. The van der Waals surface area contributed by atoms with E-state index in [1.165, 1.54) is 22.0 Å². The molecule has 0 bridgehead atoms. The molecule has 0 radical (unpaired) electrons. The first-order chi connectivity index (χ1) is 17.0. The van der Waals surface area contributed by atoms with E-state index in [1.54, 1.807) is 6.21 Å². The average molecular weight is 488 g/mol. The summed E-state index contributed by atoms with van der Waals surface area (Å²) in [4.78, 5) is 12.3. The van der Waals surface area contributed by atoms with Gasteiger partial charge in [-0.15, -0.1) is 10.2 Å². The van der Waals surface area contributed by atoms with E-state index >= 15 is 0 Å². The number of carbonyl (C=O) groups is 1. The molecule has 178 valence electrons. The SMILES string of the molecule is Cc1ccc(NC(=O)CSc2nnc(N/N=C/c3cccc(Oc4ccccc4)c3)n2N)cc1C. The van der Waals surface area contributed by atoms with E-state index in [0.29, 0.717) is 10.9 Å². The first kappa shape index (κ1) is 23.8. The maximum Gasteiger partial charge on any atom is 0.264 e. The quantitative estimate of drug-likeness (QED) is 0.137. The van der Waals surface area contributed by atoms with Crippen LogP contribution < -0.4 is 21.3 Å². The number of nitrogens with two attached hydrogens (primary N) is 1. The Balaban J connectivity index is 1.30. The Morgan fingerprint density at radius 1 is 1.03 bits per heavy atom. The van der Waals surface area contributed by atoms with Crippen molar-refractivity contribution in [1.29, 1.82) is 0 Å². The maximum absolute atomic E-state index is 12.3. The molecular formula is C25H25N7O2S. The number of nitrogen functional groups attached to an aromatic ring is 1. The molecule has 35 heavy (non-hydrogen) atoms. The van der Waals surface area contributed by atoms with E-state index in [-0.39, 0.29) is 17.6 Å². The summed E-state index contributed by atoms with van der Waals surface area (Å²) in [6, 6.07) is 22.8. The lowest BCUT2D eigenvalue weighted by atomic mass is 10.1. The van der Waals surface area contributed by atoms with Gasteiger partial charge in [-0.05, 0) is 66.9 Å². The molecular weight excluding hydrogens is 462 g/mol. The Labute approximate surface area is 207 Å². The fourth-order valence-corrected chi connectivity index (χ4v) is 3.70. The number of hydrogen-bond donors (Lipinski definition) is 3. The average Bonchev–Trinajstić information content (AvgIpc) is 3.20. The van der Waals surface area contributed by atoms with Gasteiger partial charge in [0, 0.05) is 5.69 Å². The molecule has 4 rings (SSSR count). The molecule has 1 amide bonds. The minimum atomic E-state index is -0.161. The fourth-order valence-electron chi connectivity index (χ4n) is 3.05. The van der Waals surface area contributed by atoms with Gasteiger partial charge in [-0.3, -0.25) is 4.79 Å². The van der Waals surface area contributed by atoms with Crippen molar-refractivity contribution in [1.82, 2.24) is 14.9 Å². The van der Waals surface area contributed by atoms with E-state index in [0.717, 1.165) is 22.6 Å². The standard InChI is InChI=1S/C25H25N7O2S/c1-17-11-12-20(13-18(17)2)28-23(33)16-35-25-31-30-24(32(25)26)29-27-15-19-7-6-10-22(14-19)34-21-8-4-3-5-9-21/h3-15H,16,26H2,1-2H3,(H,28,33)(H,29,30)/b27-15+. The normalized spacial score (nSPS) is 10.9. The summed E-state index contributed by atoms with van der Waals surface area (Å²) in [7, 11) is 0. The molecule has 4 aromatic rings. The Hall–Kier alpha value is -4.31. The Morgan fingerprint density at radius 2 is 1.83 bits per heavy atom. The van der Waals surface area contributed by atoms with Crippen molar-refractivity contribution in [2.75, 3.05) is 22.3 Å². The molecule has 0 saturated heterocycles. The minimum Gasteiger partial charge on any atom is -0.457 e. The van der Waals surface area contributed by atoms with Gasteiger partial charge in [-0.2, -0.15) is 5.10 Å². The summed E-state index contributed by atoms with van der Waals surface area (Å²) < 4.78 is 7.09. The third kappa shape index (κ3) is 6.61. The second-order valence-corrected chi connectivity index (χ2v) is 8.61. The Kier molecular flexibility index (Phi) is 7.63. The van der Waals surface area contributed by atoms with Crippen LogP contribution in [-0.2, 0) is 4.79 Å². The summed E-state index contributed by atoms with van der Waals surface area (Å²) >= 11 is 1.18. The van der Waals surface area contributed by atoms with Crippen LogP contribution >= 0.6 is 11.8 Å². The van der Waals surface area contributed by atoms with Crippen LogP contribution in [0.2, 0.25) is 0 Å². The molecule has 0 fully saturated rings. The molecule has 1 aromatic heterocycles. The van der Waals surface area contributed by atoms with Crippen molar-refractivity contribution >= 4 is 35.5 Å². The second kappa shape index (κ2) is 11.2. The zero-order valence-electron chi connectivity index (χ0n) is 19.3. The van der Waals surface area contributed by atoms with E-state index in [9.17, 15) is 4.79 Å². The molecule has 0 aliphatic carbocycles. The summed E-state index contributed by atoms with van der Waals surface area (Å²) in [5.41, 5.74) is 6.63. The molecule has 0 saturated carbocycles. The molecule has 0 spiro atoms. The van der Waals surface area contributed by atoms with E-state index < -0.39 is 0 Å². The van der Waals surface area contributed by atoms with Crippen LogP contribution in [0.1, 0.15) is 16.7 Å². The molecule has 0 aliphatic rings. The number of carbonyl (C=O) groups excluding carboxylic acids is 1. The monoisotopic (exact) mass is 487 g/mol. The van der Waals surface area contributed by atoms with Crippen molar-refractivity contribution in [3.05, 3.63) is 89.5 Å². The number of nitrogens with one attached hydrogen (secondary N) is 2. The van der Waals surface area contributed by atoms with Crippen molar-refractivity contribution in [3.63, 3.8) is 0 Å². The highest BCUT2D eigenvalue weighted by atomic mass is 32.2. The number of aromatic nitrogens is 3. The van der Waals surface area contributed by atoms with Crippen LogP contribution in [0.5, 0.6) is 11.5 Å². The molecule has 9 nitrogen and oxygen atoms in total. The van der Waals surface area contributed by atoms with Gasteiger partial charge < -0.3 is 15.9 Å². The lowest BCUT2D eigenvalue weighted by Gasteiger charge is -2.07. The fraction of sp³-hybridized carbons (Fsp3) is 0.120. The van der Waals surface area contributed by atoms with Crippen LogP contribution in [0.4, 0.5) is 11.6 Å². The van der Waals surface area contributed by atoms with E-state index in [4.69, 9.17) is 10.6 Å². The van der Waals surface area contributed by atoms with E-state index in [1.807, 2.05) is 86.6 Å². The van der Waals surface area contributed by atoms with Crippen molar-refractivity contribution in [3.8, 4) is 11.5 Å². The van der Waals surface area contributed by atoms with Gasteiger partial charge in [0.15, 0.2) is 0 Å². The van der Waals surface area contributed by atoms with Gasteiger partial charge >= 0.3 is 0 Å². The number of ether oxygens (including phenoxy) is 1. The van der Waals surface area contributed by atoms with Crippen molar-refractivity contribution in [2.24, 2.45) is 5.10 Å². The predicted octanol–water partition coefficient (Wildman–Crippen LogP) is 4.58. The first-order valence-corrected chi connectivity index (χ1v) is 11.8. The molecule has 3 aromatic carbocycles. The zero-order chi connectivity index (χ0) is 24.6. The second-order valence-electron chi connectivity index (χ2n) is 7.67. The molecule has 0 atom stereocenters.